The fourth-order valence-corrected chi connectivity index (χ4v) is 1.76. The largest absolute Gasteiger partial charge is 0.519 e. The van der Waals surface area contributed by atoms with Crippen molar-refractivity contribution in [2.45, 2.75) is 26.0 Å². The van der Waals surface area contributed by atoms with E-state index in [1.165, 1.54) is 6.92 Å². The minimum atomic E-state index is -1.72. The number of nitrogens with zero attached hydrogens (tertiary/aromatic N) is 1. The van der Waals surface area contributed by atoms with Crippen LogP contribution in [0.15, 0.2) is 13.6 Å². The van der Waals surface area contributed by atoms with Gasteiger partial charge in [-0.2, -0.15) is 0 Å². The molecule has 1 atom stereocenters. The van der Waals surface area contributed by atoms with Gasteiger partial charge in [0.2, 0.25) is 23.8 Å². The molecule has 0 aliphatic carbocycles. The lowest BCUT2D eigenvalue weighted by Gasteiger charge is -2.22. The highest BCUT2D eigenvalue weighted by molar-refractivity contribution is 6.02. The zero-order chi connectivity index (χ0) is 14.2. The van der Waals surface area contributed by atoms with Crippen molar-refractivity contribution in [3.8, 4) is 0 Å². The molecule has 1 saturated heterocycles. The monoisotopic (exact) mass is 271 g/mol. The van der Waals surface area contributed by atoms with Crippen LogP contribution in [0.4, 0.5) is 4.79 Å². The van der Waals surface area contributed by atoms with Crippen LogP contribution in [-0.4, -0.2) is 28.0 Å². The molecule has 1 aliphatic heterocycles. The molecule has 1 aromatic rings. The summed E-state index contributed by atoms with van der Waals surface area (Å²) in [6, 6.07) is 0. The molecule has 1 N–H and O–H groups in total. The van der Waals surface area contributed by atoms with Crippen LogP contribution in [0.1, 0.15) is 30.6 Å². The van der Waals surface area contributed by atoms with Crippen LogP contribution in [0.5, 0.6) is 0 Å². The van der Waals surface area contributed by atoms with Crippen LogP contribution in [0.25, 0.3) is 0 Å². The average Bonchev–Trinajstić information content (AvgIpc) is 2.79. The summed E-state index contributed by atoms with van der Waals surface area (Å²) >= 11 is 0. The summed E-state index contributed by atoms with van der Waals surface area (Å²) in [5.74, 6) is -2.69. The van der Waals surface area contributed by atoms with Crippen molar-refractivity contribution in [2.75, 3.05) is 0 Å². The van der Waals surface area contributed by atoms with Crippen LogP contribution in [-0.2, 0) is 14.3 Å². The first-order chi connectivity index (χ1) is 8.90. The Morgan fingerprint density at radius 2 is 1.84 bits per heavy atom. The van der Waals surface area contributed by atoms with Crippen LogP contribution >= 0.6 is 0 Å². The predicted molar refractivity (Wildman–Crippen MR) is 54.9 cm³/mol. The number of hydrogen-bond donors (Lipinski definition) is 1. The van der Waals surface area contributed by atoms with Gasteiger partial charge in [-0.1, -0.05) is 0 Å². The Hall–Kier alpha value is -2.58. The first kappa shape index (κ1) is 12.9. The van der Waals surface area contributed by atoms with Gasteiger partial charge in [0, 0.05) is 12.8 Å². The zero-order valence-electron chi connectivity index (χ0n) is 9.74. The minimum Gasteiger partial charge on any atom is -0.450 e. The van der Waals surface area contributed by atoms with Crippen molar-refractivity contribution in [1.82, 2.24) is 4.90 Å². The maximum Gasteiger partial charge on any atom is 0.519 e. The number of hydrogen-bond acceptors (Lipinski definition) is 7. The van der Waals surface area contributed by atoms with Crippen molar-refractivity contribution in [3.05, 3.63) is 22.1 Å². The van der Waals surface area contributed by atoms with E-state index in [1.807, 2.05) is 0 Å². The first-order valence-corrected chi connectivity index (χ1v) is 5.25. The van der Waals surface area contributed by atoms with E-state index in [-0.39, 0.29) is 24.4 Å². The van der Waals surface area contributed by atoms with E-state index in [9.17, 15) is 19.2 Å². The van der Waals surface area contributed by atoms with Crippen LogP contribution < -0.4 is 5.82 Å². The number of aryl methyl sites for hydroxylation is 1. The lowest BCUT2D eigenvalue weighted by Crippen LogP contribution is -2.36. The van der Waals surface area contributed by atoms with E-state index in [0.717, 1.165) is 0 Å². The van der Waals surface area contributed by atoms with Gasteiger partial charge in [0.1, 0.15) is 0 Å². The first-order valence-electron chi connectivity index (χ1n) is 5.25. The Morgan fingerprint density at radius 3 is 2.26 bits per heavy atom. The smallest absolute Gasteiger partial charge is 0.450 e. The second kappa shape index (κ2) is 4.59. The van der Waals surface area contributed by atoms with Gasteiger partial charge in [0.25, 0.3) is 0 Å². The molecule has 2 rings (SSSR count). The van der Waals surface area contributed by atoms with E-state index < -0.39 is 30.0 Å². The molecule has 0 bridgehead atoms. The van der Waals surface area contributed by atoms with Crippen LogP contribution in [0, 0.1) is 6.92 Å². The average molecular weight is 271 g/mol. The van der Waals surface area contributed by atoms with Crippen molar-refractivity contribution in [3.63, 3.8) is 0 Å². The highest BCUT2D eigenvalue weighted by Gasteiger charge is 2.41. The van der Waals surface area contributed by atoms with Gasteiger partial charge in [-0.05, 0) is 6.92 Å². The van der Waals surface area contributed by atoms with Gasteiger partial charge in [0.05, 0.1) is 0 Å². The van der Waals surface area contributed by atoms with Crippen LogP contribution in [0.2, 0.25) is 0 Å². The molecule has 0 radical (unpaired) electrons. The Balaban J connectivity index is 2.44. The highest BCUT2D eigenvalue weighted by Crippen LogP contribution is 2.29. The number of carboxylic acid groups (broad SMARTS) is 1. The van der Waals surface area contributed by atoms with Gasteiger partial charge < -0.3 is 18.7 Å². The van der Waals surface area contributed by atoms with Crippen molar-refractivity contribution in [2.24, 2.45) is 0 Å². The normalized spacial score (nSPS) is 16.8. The molecular weight excluding hydrogens is 262 g/mol. The maximum absolute atomic E-state index is 11.6. The molecular formula is C10H9NO8. The second-order valence-electron chi connectivity index (χ2n) is 3.77. The molecule has 19 heavy (non-hydrogen) atoms. The molecule has 1 fully saturated rings. The van der Waals surface area contributed by atoms with Gasteiger partial charge in [-0.15, -0.1) is 0 Å². The summed E-state index contributed by atoms with van der Waals surface area (Å²) in [6.07, 6.45) is -3.48. The third-order valence-corrected chi connectivity index (χ3v) is 2.54. The lowest BCUT2D eigenvalue weighted by molar-refractivity contribution is -0.152. The van der Waals surface area contributed by atoms with Crippen molar-refractivity contribution < 1.29 is 33.1 Å². The summed E-state index contributed by atoms with van der Waals surface area (Å²) < 4.78 is 13.7. The Morgan fingerprint density at radius 1 is 1.26 bits per heavy atom. The van der Waals surface area contributed by atoms with Gasteiger partial charge >= 0.3 is 12.0 Å². The zero-order valence-corrected chi connectivity index (χ0v) is 9.74. The molecule has 0 aromatic carbocycles. The summed E-state index contributed by atoms with van der Waals surface area (Å²) in [7, 11) is 0. The van der Waals surface area contributed by atoms with Crippen LogP contribution in [0.3, 0.4) is 0 Å². The van der Waals surface area contributed by atoms with Gasteiger partial charge in [-0.3, -0.25) is 9.59 Å². The standard InChI is InChI=1S/C10H9NO8/c1-4-7(18-10(16)17-4)8(19-9(14)15)11-5(12)2-3-6(11)13/h8H,2-3H2,1H3,(H,14,15). The van der Waals surface area contributed by atoms with E-state index in [4.69, 9.17) is 5.11 Å². The molecule has 9 nitrogen and oxygen atoms in total. The Bertz CT molecular complexity index is 581. The molecule has 2 amide bonds. The predicted octanol–water partition coefficient (Wildman–Crippen LogP) is 0.383. The Labute approximate surface area is 105 Å². The van der Waals surface area contributed by atoms with Gasteiger partial charge in [-0.25, -0.2) is 14.5 Å². The van der Waals surface area contributed by atoms with E-state index in [1.54, 1.807) is 0 Å². The van der Waals surface area contributed by atoms with Crippen molar-refractivity contribution in [1.29, 1.82) is 0 Å². The molecule has 1 aromatic heterocycles. The number of amides is 2. The minimum absolute atomic E-state index is 0.0561. The third-order valence-electron chi connectivity index (χ3n) is 2.54. The van der Waals surface area contributed by atoms with Gasteiger partial charge in [0.15, 0.2) is 5.76 Å². The molecule has 0 saturated carbocycles. The highest BCUT2D eigenvalue weighted by atomic mass is 16.7. The Kier molecular flexibility index (Phi) is 3.11. The SMILES string of the molecule is Cc1oc(=O)oc1C(OC(=O)O)N1C(=O)CCC1=O. The molecule has 1 unspecified atom stereocenters. The summed E-state index contributed by atoms with van der Waals surface area (Å²) in [5.41, 5.74) is 0. The third kappa shape index (κ3) is 2.34. The number of carbonyl (C=O) groups is 3. The molecule has 2 heterocycles. The van der Waals surface area contributed by atoms with E-state index in [2.05, 4.69) is 13.6 Å². The fourth-order valence-electron chi connectivity index (χ4n) is 1.76. The maximum atomic E-state index is 11.6. The quantitative estimate of drug-likeness (QED) is 0.617. The second-order valence-corrected chi connectivity index (χ2v) is 3.77. The topological polar surface area (TPSA) is 127 Å². The summed E-state index contributed by atoms with van der Waals surface area (Å²) in [4.78, 5) is 45.4. The van der Waals surface area contributed by atoms with Crippen molar-refractivity contribution >= 4 is 18.0 Å². The number of likely N-dealkylation sites (tertiary alicyclic amines) is 1. The molecule has 0 spiro atoms. The number of ether oxygens (including phenoxy) is 1. The lowest BCUT2D eigenvalue weighted by atomic mass is 10.3. The number of rotatable bonds is 3. The molecule has 102 valence electrons. The summed E-state index contributed by atoms with van der Waals surface area (Å²) in [5, 5.41) is 8.65. The number of carbonyl (C=O) groups excluding carboxylic acids is 2. The number of imide groups is 1. The van der Waals surface area contributed by atoms with E-state index >= 15 is 0 Å². The molecule has 1 aliphatic rings. The van der Waals surface area contributed by atoms with E-state index in [0.29, 0.717) is 4.90 Å². The fraction of sp³-hybridized carbons (Fsp3) is 0.400. The summed E-state index contributed by atoms with van der Waals surface area (Å²) in [6.45, 7) is 1.32. The molecule has 9 heteroatoms.